The molecular formula is C23H29Cl2N7O2. The van der Waals surface area contributed by atoms with Gasteiger partial charge in [-0.3, -0.25) is 24.4 Å². The minimum Gasteiger partial charge on any atom is -0.339 e. The second-order valence-corrected chi connectivity index (χ2v) is 9.61. The third-order valence-electron chi connectivity index (χ3n) is 5.34. The van der Waals surface area contributed by atoms with E-state index >= 15 is 0 Å². The zero-order chi connectivity index (χ0) is 24.8. The average Bonchev–Trinajstić information content (AvgIpc) is 3.40. The molecule has 0 aliphatic heterocycles. The van der Waals surface area contributed by atoms with Gasteiger partial charge in [-0.05, 0) is 65.2 Å². The highest BCUT2D eigenvalue weighted by Crippen LogP contribution is 2.24. The maximum Gasteiger partial charge on any atom is 0.270 e. The van der Waals surface area contributed by atoms with Gasteiger partial charge in [-0.2, -0.15) is 10.2 Å². The third-order valence-corrected chi connectivity index (χ3v) is 5.78. The van der Waals surface area contributed by atoms with Gasteiger partial charge in [0.15, 0.2) is 0 Å². The molecule has 3 rings (SSSR count). The number of hydrogen-bond donors (Lipinski definition) is 3. The van der Waals surface area contributed by atoms with Crippen molar-refractivity contribution in [1.29, 1.82) is 0 Å². The fourth-order valence-corrected chi connectivity index (χ4v) is 3.96. The summed E-state index contributed by atoms with van der Waals surface area (Å²) in [5.74, 6) is -0.728. The van der Waals surface area contributed by atoms with Gasteiger partial charge in [-0.1, -0.05) is 0 Å². The Bertz CT molecular complexity index is 1100. The largest absolute Gasteiger partial charge is 0.339 e. The Kier molecular flexibility index (Phi) is 8.68. The molecule has 182 valence electrons. The summed E-state index contributed by atoms with van der Waals surface area (Å²) >= 11 is 11.7. The van der Waals surface area contributed by atoms with E-state index in [9.17, 15) is 9.59 Å². The van der Waals surface area contributed by atoms with Crippen LogP contribution in [0.25, 0.3) is 11.3 Å². The monoisotopic (exact) mass is 505 g/mol. The lowest BCUT2D eigenvalue weighted by Gasteiger charge is -2.19. The number of nitrogens with one attached hydrogen (secondary N) is 3. The zero-order valence-corrected chi connectivity index (χ0v) is 21.1. The van der Waals surface area contributed by atoms with Gasteiger partial charge in [0.1, 0.15) is 16.6 Å². The summed E-state index contributed by atoms with van der Waals surface area (Å²) in [5.41, 5.74) is 4.36. The van der Waals surface area contributed by atoms with Crippen LogP contribution < -0.4 is 10.6 Å². The third kappa shape index (κ3) is 6.36. The van der Waals surface area contributed by atoms with Crippen LogP contribution in [0.4, 0.5) is 5.69 Å². The number of H-pyrrole nitrogens is 1. The van der Waals surface area contributed by atoms with E-state index in [0.29, 0.717) is 30.6 Å². The zero-order valence-electron chi connectivity index (χ0n) is 19.6. The van der Waals surface area contributed by atoms with E-state index in [0.717, 1.165) is 22.6 Å². The normalized spacial score (nSPS) is 12.2. The lowest BCUT2D eigenvalue weighted by molar-refractivity contribution is -0.118. The number of carbonyl (C=O) groups excluding carboxylic acids is 2. The SMILES string of the molecule is Cc1n[nH]c(C)c1-c1ccc(NC(=O)[C@H](CCCC(Cl)Cl)NC(=O)c2ccnn2C(C)C)cn1. The molecule has 0 fully saturated rings. The van der Waals surface area contributed by atoms with E-state index in [1.807, 2.05) is 33.8 Å². The Balaban J connectivity index is 1.73. The Morgan fingerprint density at radius 3 is 2.50 bits per heavy atom. The van der Waals surface area contributed by atoms with E-state index in [1.165, 1.54) is 0 Å². The number of rotatable bonds is 10. The van der Waals surface area contributed by atoms with Gasteiger partial charge in [0.2, 0.25) is 5.91 Å². The Morgan fingerprint density at radius 2 is 1.91 bits per heavy atom. The molecule has 0 aliphatic carbocycles. The molecule has 0 spiro atoms. The van der Waals surface area contributed by atoms with E-state index in [4.69, 9.17) is 23.2 Å². The second kappa shape index (κ2) is 11.5. The van der Waals surface area contributed by atoms with E-state index in [1.54, 1.807) is 29.2 Å². The van der Waals surface area contributed by atoms with E-state index < -0.39 is 10.9 Å². The van der Waals surface area contributed by atoms with Crippen LogP contribution in [0.15, 0.2) is 30.6 Å². The van der Waals surface area contributed by atoms with Crippen LogP contribution in [0.3, 0.4) is 0 Å². The van der Waals surface area contributed by atoms with Crippen molar-refractivity contribution in [1.82, 2.24) is 30.3 Å². The molecule has 3 N–H and O–H groups in total. The standard InChI is InChI=1S/C23H29Cl2N7O2/c1-13(2)32-19(10-11-27-32)23(34)29-18(6-5-7-20(24)25)22(33)28-16-8-9-17(26-12-16)21-14(3)30-31-15(21)4/h8-13,18,20H,5-7H2,1-4H3,(H,28,33)(H,29,34)(H,30,31)/t18-/m0/s1. The molecule has 3 aromatic rings. The second-order valence-electron chi connectivity index (χ2n) is 8.33. The highest BCUT2D eigenvalue weighted by molar-refractivity contribution is 6.44. The summed E-state index contributed by atoms with van der Waals surface area (Å²) < 4.78 is 1.61. The van der Waals surface area contributed by atoms with Crippen molar-refractivity contribution in [2.75, 3.05) is 5.32 Å². The maximum atomic E-state index is 13.1. The highest BCUT2D eigenvalue weighted by Gasteiger charge is 2.24. The van der Waals surface area contributed by atoms with Crippen LogP contribution in [0.2, 0.25) is 0 Å². The Hall–Kier alpha value is -2.91. The molecule has 3 heterocycles. The minimum absolute atomic E-state index is 0.00312. The molecule has 0 saturated heterocycles. The van der Waals surface area contributed by atoms with Crippen LogP contribution in [0, 0.1) is 13.8 Å². The summed E-state index contributed by atoms with van der Waals surface area (Å²) in [6, 6.07) is 4.43. The predicted molar refractivity (Wildman–Crippen MR) is 133 cm³/mol. The van der Waals surface area contributed by atoms with Gasteiger partial charge in [-0.15, -0.1) is 23.2 Å². The van der Waals surface area contributed by atoms with Crippen LogP contribution >= 0.6 is 23.2 Å². The lowest BCUT2D eigenvalue weighted by atomic mass is 10.1. The number of aryl methyl sites for hydroxylation is 2. The van der Waals surface area contributed by atoms with Crippen molar-refractivity contribution < 1.29 is 9.59 Å². The molecule has 3 aromatic heterocycles. The first-order valence-electron chi connectivity index (χ1n) is 11.1. The molecular weight excluding hydrogens is 477 g/mol. The smallest absolute Gasteiger partial charge is 0.270 e. The topological polar surface area (TPSA) is 118 Å². The van der Waals surface area contributed by atoms with Crippen molar-refractivity contribution in [2.45, 2.75) is 63.9 Å². The fraction of sp³-hybridized carbons (Fsp3) is 0.435. The number of anilines is 1. The first-order chi connectivity index (χ1) is 16.2. The van der Waals surface area contributed by atoms with Crippen molar-refractivity contribution in [3.63, 3.8) is 0 Å². The van der Waals surface area contributed by atoms with Crippen molar-refractivity contribution in [3.8, 4) is 11.3 Å². The highest BCUT2D eigenvalue weighted by atomic mass is 35.5. The van der Waals surface area contributed by atoms with Crippen molar-refractivity contribution in [3.05, 3.63) is 47.7 Å². The number of alkyl halides is 2. The molecule has 0 saturated carbocycles. The number of aromatic nitrogens is 5. The lowest BCUT2D eigenvalue weighted by Crippen LogP contribution is -2.44. The number of nitrogens with zero attached hydrogens (tertiary/aromatic N) is 4. The molecule has 11 heteroatoms. The maximum absolute atomic E-state index is 13.1. The first kappa shape index (κ1) is 25.7. The van der Waals surface area contributed by atoms with E-state index in [2.05, 4.69) is 30.9 Å². The number of carbonyl (C=O) groups is 2. The molecule has 0 radical (unpaired) electrons. The van der Waals surface area contributed by atoms with E-state index in [-0.39, 0.29) is 17.9 Å². The quantitative estimate of drug-likeness (QED) is 0.348. The van der Waals surface area contributed by atoms with Crippen LogP contribution in [0.1, 0.15) is 61.0 Å². The molecule has 9 nitrogen and oxygen atoms in total. The number of aromatic amines is 1. The predicted octanol–water partition coefficient (Wildman–Crippen LogP) is 4.58. The summed E-state index contributed by atoms with van der Waals surface area (Å²) in [6.07, 6.45) is 4.59. The number of pyridine rings is 1. The Labute approximate surface area is 208 Å². The summed E-state index contributed by atoms with van der Waals surface area (Å²) in [6.45, 7) is 7.69. The number of hydrogen-bond acceptors (Lipinski definition) is 5. The molecule has 1 atom stereocenters. The van der Waals surface area contributed by atoms with Gasteiger partial charge in [0.25, 0.3) is 5.91 Å². The van der Waals surface area contributed by atoms with Gasteiger partial charge >= 0.3 is 0 Å². The molecule has 0 unspecified atom stereocenters. The first-order valence-corrected chi connectivity index (χ1v) is 12.0. The molecule has 0 bridgehead atoms. The molecule has 34 heavy (non-hydrogen) atoms. The van der Waals surface area contributed by atoms with Crippen molar-refractivity contribution in [2.24, 2.45) is 0 Å². The minimum atomic E-state index is -0.784. The molecule has 0 aromatic carbocycles. The van der Waals surface area contributed by atoms with Crippen LogP contribution in [-0.2, 0) is 4.79 Å². The van der Waals surface area contributed by atoms with Crippen LogP contribution in [-0.4, -0.2) is 47.7 Å². The fourth-order valence-electron chi connectivity index (χ4n) is 3.66. The van der Waals surface area contributed by atoms with Gasteiger partial charge in [-0.25, -0.2) is 0 Å². The number of halogens is 2. The molecule has 0 aliphatic rings. The summed E-state index contributed by atoms with van der Waals surface area (Å²) in [5, 5.41) is 17.0. The van der Waals surface area contributed by atoms with Gasteiger partial charge in [0, 0.05) is 23.5 Å². The van der Waals surface area contributed by atoms with Crippen molar-refractivity contribution >= 4 is 40.7 Å². The average molecular weight is 506 g/mol. The van der Waals surface area contributed by atoms with Crippen LogP contribution in [0.5, 0.6) is 0 Å². The number of amides is 2. The molecule has 2 amide bonds. The van der Waals surface area contributed by atoms with Gasteiger partial charge < -0.3 is 10.6 Å². The van der Waals surface area contributed by atoms with Gasteiger partial charge in [0.05, 0.1) is 23.3 Å². The Morgan fingerprint density at radius 1 is 1.15 bits per heavy atom. The summed E-state index contributed by atoms with van der Waals surface area (Å²) in [7, 11) is 0. The summed E-state index contributed by atoms with van der Waals surface area (Å²) in [4.78, 5) is 29.9.